The van der Waals surface area contributed by atoms with Crippen molar-refractivity contribution in [2.24, 2.45) is 0 Å². The van der Waals surface area contributed by atoms with E-state index >= 15 is 0 Å². The van der Waals surface area contributed by atoms with Crippen LogP contribution in [0, 0.1) is 44.1 Å². The molecule has 7 nitrogen and oxygen atoms in total. The number of aromatic nitrogens is 2. The number of ether oxygens (including phenoxy) is 1. The van der Waals surface area contributed by atoms with E-state index < -0.39 is 0 Å². The van der Waals surface area contributed by atoms with Crippen LogP contribution in [0.4, 0.5) is 23.1 Å². The van der Waals surface area contributed by atoms with Crippen LogP contribution in [0.25, 0.3) is 5.41 Å². The molecule has 1 saturated heterocycles. The fraction of sp³-hybridized carbons (Fsp3) is 0.316. The molecule has 1 aliphatic rings. The second-order valence-corrected chi connectivity index (χ2v) is 5.93. The van der Waals surface area contributed by atoms with Crippen LogP contribution < -0.4 is 15.5 Å². The van der Waals surface area contributed by atoms with Crippen molar-refractivity contribution in [1.82, 2.24) is 9.97 Å². The average molecular weight is 588 g/mol. The van der Waals surface area contributed by atoms with Crippen LogP contribution >= 0.6 is 0 Å². The summed E-state index contributed by atoms with van der Waals surface area (Å²) in [6.07, 6.45) is 4.18. The van der Waals surface area contributed by atoms with Gasteiger partial charge in [0.1, 0.15) is 0 Å². The SMILES string of the molecule is C[C-]=CC(=[N-])Nc1cc(C)nc(Nc2ccc(N3CCOCC3)cc2)n1.[U+2]. The summed E-state index contributed by atoms with van der Waals surface area (Å²) in [6, 6.07) is 9.91. The largest absolute Gasteiger partial charge is 2.00 e. The molecule has 1 aromatic carbocycles. The first kappa shape index (κ1) is 21.4. The van der Waals surface area contributed by atoms with Gasteiger partial charge in [0.2, 0.25) is 5.95 Å². The third kappa shape index (κ3) is 6.35. The molecule has 0 atom stereocenters. The number of amidine groups is 1. The Balaban J connectivity index is 0.00000261. The molecule has 138 valence electrons. The molecule has 2 aromatic rings. The van der Waals surface area contributed by atoms with Crippen LogP contribution in [0.1, 0.15) is 12.6 Å². The third-order valence-electron chi connectivity index (χ3n) is 3.89. The van der Waals surface area contributed by atoms with E-state index in [1.54, 1.807) is 13.0 Å². The fourth-order valence-corrected chi connectivity index (χ4v) is 2.70. The van der Waals surface area contributed by atoms with Gasteiger partial charge in [-0.15, -0.1) is 6.92 Å². The zero-order valence-corrected chi connectivity index (χ0v) is 19.7. The molecule has 0 amide bonds. The van der Waals surface area contributed by atoms with Gasteiger partial charge in [0.05, 0.1) is 13.2 Å². The van der Waals surface area contributed by atoms with Crippen LogP contribution in [-0.2, 0) is 4.74 Å². The number of anilines is 4. The minimum atomic E-state index is -0.0218. The molecule has 0 spiro atoms. The van der Waals surface area contributed by atoms with E-state index in [9.17, 15) is 5.41 Å². The van der Waals surface area contributed by atoms with Gasteiger partial charge in [0.15, 0.2) is 0 Å². The Labute approximate surface area is 183 Å². The monoisotopic (exact) mass is 588 g/mol. The molecule has 0 bridgehead atoms. The summed E-state index contributed by atoms with van der Waals surface area (Å²) in [6.45, 7) is 6.93. The average Bonchev–Trinajstić information content (AvgIpc) is 2.63. The Bertz CT molecular complexity index is 787. The second kappa shape index (κ2) is 10.5. The van der Waals surface area contributed by atoms with E-state index in [1.807, 2.05) is 19.1 Å². The maximum Gasteiger partial charge on any atom is 2.00 e. The maximum absolute atomic E-state index is 9.72. The molecule has 2 heterocycles. The van der Waals surface area contributed by atoms with Crippen molar-refractivity contribution in [3.8, 4) is 0 Å². The number of nitrogens with zero attached hydrogens (tertiary/aromatic N) is 4. The van der Waals surface area contributed by atoms with Crippen molar-refractivity contribution in [3.05, 3.63) is 53.6 Å². The van der Waals surface area contributed by atoms with Gasteiger partial charge in [-0.3, -0.25) is 6.08 Å². The van der Waals surface area contributed by atoms with Crippen molar-refractivity contribution in [2.45, 2.75) is 13.8 Å². The fourth-order valence-electron chi connectivity index (χ4n) is 2.70. The smallest absolute Gasteiger partial charge is 0.578 e. The summed E-state index contributed by atoms with van der Waals surface area (Å²) < 4.78 is 5.39. The number of nitrogens with one attached hydrogen (secondary N) is 2. The molecule has 0 aliphatic carbocycles. The summed E-state index contributed by atoms with van der Waals surface area (Å²) in [5.41, 5.74) is 2.86. The zero-order chi connectivity index (χ0) is 18.4. The summed E-state index contributed by atoms with van der Waals surface area (Å²) in [5.74, 6) is 0.948. The zero-order valence-electron chi connectivity index (χ0n) is 15.5. The molecule has 0 radical (unpaired) electrons. The molecule has 2 N–H and O–H groups in total. The van der Waals surface area contributed by atoms with E-state index in [0.717, 1.165) is 37.7 Å². The van der Waals surface area contributed by atoms with Crippen molar-refractivity contribution in [1.29, 1.82) is 0 Å². The quantitative estimate of drug-likeness (QED) is 0.318. The van der Waals surface area contributed by atoms with Gasteiger partial charge in [0, 0.05) is 36.0 Å². The summed E-state index contributed by atoms with van der Waals surface area (Å²) >= 11 is 0. The first-order valence-corrected chi connectivity index (χ1v) is 8.53. The molecule has 3 rings (SSSR count). The van der Waals surface area contributed by atoms with Crippen LogP contribution in [0.15, 0.2) is 36.4 Å². The van der Waals surface area contributed by atoms with Gasteiger partial charge in [-0.05, 0) is 37.3 Å². The van der Waals surface area contributed by atoms with Crippen LogP contribution in [0.3, 0.4) is 0 Å². The first-order valence-electron chi connectivity index (χ1n) is 8.53. The number of benzene rings is 1. The van der Waals surface area contributed by atoms with Crippen LogP contribution in [0.5, 0.6) is 0 Å². The number of aryl methyl sites for hydroxylation is 1. The van der Waals surface area contributed by atoms with Gasteiger partial charge in [-0.25, -0.2) is 21.9 Å². The number of hydrogen-bond donors (Lipinski definition) is 2. The van der Waals surface area contributed by atoms with E-state index in [4.69, 9.17) is 4.74 Å². The van der Waals surface area contributed by atoms with Crippen molar-refractivity contribution >= 4 is 29.0 Å². The number of rotatable bonds is 5. The van der Waals surface area contributed by atoms with E-state index in [2.05, 4.69) is 43.7 Å². The molecule has 8 heteroatoms. The number of morpholine rings is 1. The van der Waals surface area contributed by atoms with Gasteiger partial charge in [-0.1, -0.05) is 0 Å². The van der Waals surface area contributed by atoms with Crippen LogP contribution in [-0.4, -0.2) is 42.1 Å². The molecule has 0 saturated carbocycles. The summed E-state index contributed by atoms with van der Waals surface area (Å²) in [7, 11) is 0. The Morgan fingerprint density at radius 3 is 2.59 bits per heavy atom. The van der Waals surface area contributed by atoms with Gasteiger partial charge < -0.3 is 25.7 Å². The topological polar surface area (TPSA) is 84.6 Å². The second-order valence-electron chi connectivity index (χ2n) is 5.93. The minimum Gasteiger partial charge on any atom is -0.578 e. The first-order chi connectivity index (χ1) is 12.6. The third-order valence-corrected chi connectivity index (χ3v) is 3.89. The Morgan fingerprint density at radius 1 is 1.22 bits per heavy atom. The van der Waals surface area contributed by atoms with Crippen LogP contribution in [0.2, 0.25) is 0 Å². The Hall–Kier alpha value is -1.88. The van der Waals surface area contributed by atoms with E-state index in [1.165, 1.54) is 11.8 Å². The molecule has 1 aromatic heterocycles. The van der Waals surface area contributed by atoms with E-state index in [0.29, 0.717) is 11.8 Å². The van der Waals surface area contributed by atoms with Gasteiger partial charge in [-0.2, -0.15) is 0 Å². The molecule has 27 heavy (non-hydrogen) atoms. The standard InChI is InChI=1S/C19H22N6O.U/c1-3-4-17(20)23-18-13-14(2)21-19(24-18)22-15-5-7-16(8-6-15)25-9-11-26-12-10-25;/h4-8,13H,9-12H2,1-2H3,(H2-,20,21,22,23,24);/q-2;+2. The predicted molar refractivity (Wildman–Crippen MR) is 105 cm³/mol. The molecular formula is C19H22N6OU. The van der Waals surface area contributed by atoms with Crippen molar-refractivity contribution < 1.29 is 35.9 Å². The molecule has 1 aliphatic heterocycles. The van der Waals surface area contributed by atoms with Crippen molar-refractivity contribution in [2.75, 3.05) is 41.8 Å². The normalized spacial score (nSPS) is 13.9. The summed E-state index contributed by atoms with van der Waals surface area (Å²) in [4.78, 5) is 11.1. The predicted octanol–water partition coefficient (Wildman–Crippen LogP) is 3.12. The Kier molecular flexibility index (Phi) is 8.29. The van der Waals surface area contributed by atoms with Gasteiger partial charge in [0.25, 0.3) is 0 Å². The Morgan fingerprint density at radius 2 is 1.93 bits per heavy atom. The number of allylic oxidation sites excluding steroid dienone is 1. The molecular weight excluding hydrogens is 566 g/mol. The summed E-state index contributed by atoms with van der Waals surface area (Å²) in [5, 5.41) is 15.7. The molecule has 1 fully saturated rings. The minimum absolute atomic E-state index is 0. The van der Waals surface area contributed by atoms with Crippen molar-refractivity contribution in [3.63, 3.8) is 0 Å². The van der Waals surface area contributed by atoms with E-state index in [-0.39, 0.29) is 36.9 Å². The maximum atomic E-state index is 9.72. The van der Waals surface area contributed by atoms with Gasteiger partial charge >= 0.3 is 31.1 Å². The molecule has 0 unspecified atom stereocenters. The number of hydrogen-bond acceptors (Lipinski definition) is 5.